The van der Waals surface area contributed by atoms with Gasteiger partial charge in [0.1, 0.15) is 0 Å². The van der Waals surface area contributed by atoms with E-state index in [0.29, 0.717) is 0 Å². The van der Waals surface area contributed by atoms with Gasteiger partial charge in [-0.1, -0.05) is 11.6 Å². The first kappa shape index (κ1) is 12.6. The molecule has 0 nitrogen and oxygen atoms in total. The van der Waals surface area contributed by atoms with Crippen LogP contribution < -0.4 is 24.0 Å². The monoisotopic (exact) mass is 302 g/mol. The Bertz CT molecular complexity index is 156. The third-order valence-corrected chi connectivity index (χ3v) is 0.930. The Morgan fingerprint density at radius 2 is 2.00 bits per heavy atom. The van der Waals surface area contributed by atoms with Crippen molar-refractivity contribution in [3.05, 3.63) is 35.4 Å². The summed E-state index contributed by atoms with van der Waals surface area (Å²) in [5, 5.41) is 0.763. The summed E-state index contributed by atoms with van der Waals surface area (Å²) < 4.78 is 0. The quantitative estimate of drug-likeness (QED) is 0.307. The summed E-state index contributed by atoms with van der Waals surface area (Å²) in [6.07, 6.45) is 7.15. The van der Waals surface area contributed by atoms with Crippen molar-refractivity contribution >= 4 is 11.6 Å². The Hall–Kier alpha value is 0.903. The predicted molar refractivity (Wildman–Crippen MR) is 30.9 cm³/mol. The maximum Gasteiger partial charge on any atom is 0.0320 e. The predicted octanol–water partition coefficient (Wildman–Crippen LogP) is -0.960. The first-order valence-corrected chi connectivity index (χ1v) is 2.39. The zero-order valence-electron chi connectivity index (χ0n) is 4.77. The van der Waals surface area contributed by atoms with Gasteiger partial charge in [0.05, 0.1) is 0 Å². The first-order chi connectivity index (χ1) is 3.39. The minimum absolute atomic E-state index is 0. The largest absolute Gasteiger partial charge is 1.00 e. The Kier molecular flexibility index (Phi) is 9.80. The Labute approximate surface area is 89.8 Å². The standard InChI is InChI=1S/C6H4Cl.HI.Zn/c7-6-4-2-1-3-5-6;;/h2-5H;1H;/p-1. The zero-order valence-corrected chi connectivity index (χ0v) is 10.7. The molecule has 1 aliphatic carbocycles. The second-order valence-corrected chi connectivity index (χ2v) is 1.65. The Morgan fingerprint density at radius 1 is 1.33 bits per heavy atom. The van der Waals surface area contributed by atoms with Gasteiger partial charge in [0, 0.05) is 30.9 Å². The van der Waals surface area contributed by atoms with Crippen molar-refractivity contribution in [2.24, 2.45) is 0 Å². The molecule has 1 aliphatic rings. The van der Waals surface area contributed by atoms with Crippen LogP contribution in [0.1, 0.15) is 0 Å². The van der Waals surface area contributed by atoms with E-state index in [4.69, 9.17) is 11.6 Å². The van der Waals surface area contributed by atoms with Crippen LogP contribution in [0.4, 0.5) is 0 Å². The smallest absolute Gasteiger partial charge is 0.0320 e. The van der Waals surface area contributed by atoms with Crippen LogP contribution in [0.2, 0.25) is 0 Å². The van der Waals surface area contributed by atoms with Crippen LogP contribution >= 0.6 is 11.6 Å². The molecule has 0 spiro atoms. The molecule has 45 valence electrons. The van der Waals surface area contributed by atoms with E-state index >= 15 is 0 Å². The first-order valence-electron chi connectivity index (χ1n) is 2.01. The maximum absolute atomic E-state index is 5.52. The summed E-state index contributed by atoms with van der Waals surface area (Å²) in [6, 6.07) is 0. The summed E-state index contributed by atoms with van der Waals surface area (Å²) >= 11 is 5.52. The third-order valence-electron chi connectivity index (χ3n) is 0.678. The second kappa shape index (κ2) is 7.02. The van der Waals surface area contributed by atoms with Gasteiger partial charge in [-0.3, -0.25) is 0 Å². The van der Waals surface area contributed by atoms with Crippen molar-refractivity contribution in [1.29, 1.82) is 0 Å². The van der Waals surface area contributed by atoms with Gasteiger partial charge in [-0.2, -0.15) is 0 Å². The molecule has 0 saturated carbocycles. The Morgan fingerprint density at radius 3 is 2.22 bits per heavy atom. The van der Waals surface area contributed by atoms with E-state index in [-0.39, 0.29) is 43.5 Å². The molecule has 0 unspecified atom stereocenters. The minimum atomic E-state index is 0. The fraction of sp³-hybridized carbons (Fsp3) is 0. The second-order valence-electron chi connectivity index (χ2n) is 1.22. The van der Waals surface area contributed by atoms with Gasteiger partial charge in [0.2, 0.25) is 0 Å². The van der Waals surface area contributed by atoms with Crippen molar-refractivity contribution in [1.82, 2.24) is 0 Å². The van der Waals surface area contributed by atoms with Crippen LogP contribution in [0.25, 0.3) is 0 Å². The maximum atomic E-state index is 5.52. The normalized spacial score (nSPS) is 13.2. The summed E-state index contributed by atoms with van der Waals surface area (Å²) in [6.45, 7) is 0. The zero-order chi connectivity index (χ0) is 5.11. The van der Waals surface area contributed by atoms with Crippen LogP contribution in [0, 0.1) is 6.42 Å². The van der Waals surface area contributed by atoms with Crippen molar-refractivity contribution < 1.29 is 43.5 Å². The van der Waals surface area contributed by atoms with E-state index < -0.39 is 0 Å². The molecule has 0 atom stereocenters. The molecule has 0 aliphatic heterocycles. The minimum Gasteiger partial charge on any atom is -1.00 e. The number of halogens is 2. The molecule has 0 fully saturated rings. The van der Waals surface area contributed by atoms with Crippen LogP contribution in [0.5, 0.6) is 0 Å². The van der Waals surface area contributed by atoms with Crippen LogP contribution in [-0.2, 0) is 19.5 Å². The molecule has 0 N–H and O–H groups in total. The van der Waals surface area contributed by atoms with Crippen molar-refractivity contribution in [2.45, 2.75) is 0 Å². The van der Waals surface area contributed by atoms with E-state index in [0.717, 1.165) is 5.03 Å². The molecule has 1 rings (SSSR count). The summed E-state index contributed by atoms with van der Waals surface area (Å²) in [5.41, 5.74) is 2.85. The number of allylic oxidation sites excluding steroid dienone is 3. The van der Waals surface area contributed by atoms with Gasteiger partial charge in [0.15, 0.2) is 0 Å². The van der Waals surface area contributed by atoms with Crippen molar-refractivity contribution in [3.8, 4) is 0 Å². The van der Waals surface area contributed by atoms with Crippen molar-refractivity contribution in [2.75, 3.05) is 0 Å². The van der Waals surface area contributed by atoms with E-state index in [2.05, 4.69) is 5.73 Å². The molecule has 1 radical (unpaired) electrons. The van der Waals surface area contributed by atoms with Gasteiger partial charge < -0.3 is 24.0 Å². The molecule has 0 aromatic rings. The SMILES string of the molecule is ClC1=CC=C=C[CH]1.[I-].[Zn]. The third kappa shape index (κ3) is 5.35. The van der Waals surface area contributed by atoms with Crippen LogP contribution in [0.3, 0.4) is 0 Å². The van der Waals surface area contributed by atoms with Crippen LogP contribution in [0.15, 0.2) is 29.0 Å². The number of hydrogen-bond acceptors (Lipinski definition) is 0. The summed E-state index contributed by atoms with van der Waals surface area (Å²) in [5.74, 6) is 0. The summed E-state index contributed by atoms with van der Waals surface area (Å²) in [7, 11) is 0. The molecular weight excluding hydrogens is 300 g/mol. The van der Waals surface area contributed by atoms with E-state index in [1.54, 1.807) is 24.6 Å². The molecule has 9 heavy (non-hydrogen) atoms. The Balaban J connectivity index is 0. The van der Waals surface area contributed by atoms with Gasteiger partial charge >= 0.3 is 0 Å². The number of rotatable bonds is 0. The van der Waals surface area contributed by atoms with Gasteiger partial charge in [-0.05, 0) is 18.2 Å². The molecule has 3 heteroatoms. The molecule has 0 heterocycles. The number of hydrogen-bond donors (Lipinski definition) is 0. The van der Waals surface area contributed by atoms with E-state index in [1.165, 1.54) is 0 Å². The van der Waals surface area contributed by atoms with Gasteiger partial charge in [-0.25, -0.2) is 0 Å². The van der Waals surface area contributed by atoms with Crippen molar-refractivity contribution in [3.63, 3.8) is 0 Å². The average molecular weight is 304 g/mol. The van der Waals surface area contributed by atoms with Crippen LogP contribution in [-0.4, -0.2) is 0 Å². The molecule has 0 saturated heterocycles. The van der Waals surface area contributed by atoms with E-state index in [1.807, 2.05) is 0 Å². The fourth-order valence-corrected chi connectivity index (χ4v) is 0.493. The van der Waals surface area contributed by atoms with Gasteiger partial charge in [0.25, 0.3) is 0 Å². The molecule has 0 bridgehead atoms. The molecular formula is C6H4ClIZn-. The molecule has 0 aromatic heterocycles. The topological polar surface area (TPSA) is 0 Å². The van der Waals surface area contributed by atoms with E-state index in [9.17, 15) is 0 Å². The summed E-state index contributed by atoms with van der Waals surface area (Å²) in [4.78, 5) is 0. The fourth-order valence-electron chi connectivity index (χ4n) is 0.367. The van der Waals surface area contributed by atoms with Gasteiger partial charge in [-0.15, -0.1) is 5.73 Å². The average Bonchev–Trinajstić information content (AvgIpc) is 1.69. The molecule has 0 amide bonds. The molecule has 0 aromatic carbocycles.